The van der Waals surface area contributed by atoms with Crippen LogP contribution in [0.4, 0.5) is 22.2 Å². The van der Waals surface area contributed by atoms with E-state index < -0.39 is 5.60 Å². The molecule has 12 heteroatoms. The number of carbonyl (C=O) groups is 1. The molecule has 0 bridgehead atoms. The van der Waals surface area contributed by atoms with Crippen molar-refractivity contribution in [2.75, 3.05) is 74.5 Å². The van der Waals surface area contributed by atoms with Gasteiger partial charge >= 0.3 is 6.09 Å². The summed E-state index contributed by atoms with van der Waals surface area (Å²) >= 11 is 0. The second-order valence-corrected chi connectivity index (χ2v) is 15.4. The van der Waals surface area contributed by atoms with Crippen molar-refractivity contribution in [2.24, 2.45) is 5.41 Å². The Bertz CT molecular complexity index is 1600. The molecule has 12 nitrogen and oxygen atoms in total. The number of anilines is 3. The SMILES string of the molecule is CNc1nnc(-c2ccccc2O)cc1N1CCN(c2ncc(C3CCN(C4CCC5(CC4)CN(C(=O)OC(C)(C)C)C5)CC3)cn2)CC1. The maximum atomic E-state index is 12.4. The number of nitrogens with zero attached hydrogens (tertiary/aromatic N) is 8. The Hall–Kier alpha value is -4.19. The van der Waals surface area contributed by atoms with Crippen LogP contribution >= 0.6 is 0 Å². The van der Waals surface area contributed by atoms with Crippen LogP contribution < -0.4 is 15.1 Å². The van der Waals surface area contributed by atoms with Crippen molar-refractivity contribution in [3.8, 4) is 17.0 Å². The lowest BCUT2D eigenvalue weighted by Crippen LogP contribution is -2.61. The largest absolute Gasteiger partial charge is 0.507 e. The standard InChI is InChI=1S/C37H51N9O3/c1-36(2,3)49-35(48)46-24-37(25-46)13-9-28(10-14-37)43-15-11-26(12-16-43)27-22-39-34(40-23-27)45-19-17-44(18-20-45)31-21-30(41-42-33(31)38-4)29-7-5-6-8-32(29)47/h5-8,21-23,26,28,47H,9-20,24-25H2,1-4H3,(H,38,42). The number of hydrogen-bond acceptors (Lipinski definition) is 11. The Morgan fingerprint density at radius 2 is 1.57 bits per heavy atom. The fourth-order valence-corrected chi connectivity index (χ4v) is 8.19. The Labute approximate surface area is 289 Å². The van der Waals surface area contributed by atoms with Gasteiger partial charge in [0.1, 0.15) is 11.4 Å². The van der Waals surface area contributed by atoms with Gasteiger partial charge in [-0.05, 0) is 102 Å². The van der Waals surface area contributed by atoms with Crippen molar-refractivity contribution in [3.63, 3.8) is 0 Å². The second kappa shape index (κ2) is 13.6. The van der Waals surface area contributed by atoms with Gasteiger partial charge in [-0.25, -0.2) is 14.8 Å². The fourth-order valence-electron chi connectivity index (χ4n) is 8.19. The molecule has 0 atom stereocenters. The Balaban J connectivity index is 0.874. The molecular weight excluding hydrogens is 618 g/mol. The molecule has 1 spiro atoms. The highest BCUT2D eigenvalue weighted by atomic mass is 16.6. The number of piperidine rings is 1. The molecular formula is C37H51N9O3. The molecule has 0 unspecified atom stereocenters. The van der Waals surface area contributed by atoms with Gasteiger partial charge in [-0.15, -0.1) is 10.2 Å². The van der Waals surface area contributed by atoms with Crippen molar-refractivity contribution >= 4 is 23.5 Å². The van der Waals surface area contributed by atoms with E-state index in [9.17, 15) is 9.90 Å². The van der Waals surface area contributed by atoms with E-state index in [1.165, 1.54) is 31.2 Å². The number of para-hydroxylation sites is 1. The number of rotatable bonds is 6. The predicted octanol–water partition coefficient (Wildman–Crippen LogP) is 5.37. The van der Waals surface area contributed by atoms with Crippen molar-refractivity contribution in [1.82, 2.24) is 30.0 Å². The summed E-state index contributed by atoms with van der Waals surface area (Å²) in [4.78, 5) is 31.3. The van der Waals surface area contributed by atoms with Crippen molar-refractivity contribution in [2.45, 2.75) is 76.9 Å². The van der Waals surface area contributed by atoms with Gasteiger partial charge in [0.15, 0.2) is 5.82 Å². The number of benzene rings is 1. The number of aromatic hydroxyl groups is 1. The number of amides is 1. The lowest BCUT2D eigenvalue weighted by molar-refractivity contribution is -0.0595. The number of hydrogen-bond donors (Lipinski definition) is 2. The molecule has 262 valence electrons. The molecule has 49 heavy (non-hydrogen) atoms. The van der Waals surface area contributed by atoms with Crippen LogP contribution in [-0.2, 0) is 4.74 Å². The highest BCUT2D eigenvalue weighted by molar-refractivity contribution is 5.75. The highest BCUT2D eigenvalue weighted by Crippen LogP contribution is 2.46. The minimum atomic E-state index is -0.438. The van der Waals surface area contributed by atoms with Gasteiger partial charge in [-0.1, -0.05) is 12.1 Å². The van der Waals surface area contributed by atoms with Crippen LogP contribution in [0.2, 0.25) is 0 Å². The monoisotopic (exact) mass is 669 g/mol. The van der Waals surface area contributed by atoms with E-state index >= 15 is 0 Å². The van der Waals surface area contributed by atoms with Crippen LogP contribution in [0.15, 0.2) is 42.7 Å². The van der Waals surface area contributed by atoms with Gasteiger partial charge in [0.25, 0.3) is 0 Å². The van der Waals surface area contributed by atoms with E-state index in [1.807, 2.05) is 50.9 Å². The van der Waals surface area contributed by atoms with Crippen LogP contribution in [0, 0.1) is 5.41 Å². The fraction of sp³-hybridized carbons (Fsp3) is 0.595. The summed E-state index contributed by atoms with van der Waals surface area (Å²) in [6, 6.07) is 9.88. The van der Waals surface area contributed by atoms with Crippen molar-refractivity contribution in [1.29, 1.82) is 0 Å². The highest BCUT2D eigenvalue weighted by Gasteiger charge is 2.48. The summed E-state index contributed by atoms with van der Waals surface area (Å²) in [5.41, 5.74) is 3.40. The summed E-state index contributed by atoms with van der Waals surface area (Å²) in [5.74, 6) is 2.20. The number of phenols is 1. The smallest absolute Gasteiger partial charge is 0.410 e. The van der Waals surface area contributed by atoms with Gasteiger partial charge in [-0.3, -0.25) is 0 Å². The maximum Gasteiger partial charge on any atom is 0.410 e. The summed E-state index contributed by atoms with van der Waals surface area (Å²) in [7, 11) is 1.85. The number of phenolic OH excluding ortho intramolecular Hbond substituents is 1. The van der Waals surface area contributed by atoms with Gasteiger partial charge in [0, 0.05) is 75.7 Å². The molecule has 2 aromatic heterocycles. The average Bonchev–Trinajstić information content (AvgIpc) is 3.10. The molecule has 7 rings (SSSR count). The third-order valence-electron chi connectivity index (χ3n) is 11.0. The molecule has 1 saturated carbocycles. The number of carbonyl (C=O) groups excluding carboxylic acids is 1. The first-order valence-electron chi connectivity index (χ1n) is 18.0. The number of aromatic nitrogens is 4. The minimum absolute atomic E-state index is 0.162. The number of ether oxygens (including phenoxy) is 1. The van der Waals surface area contributed by atoms with E-state index in [2.05, 4.69) is 42.6 Å². The lowest BCUT2D eigenvalue weighted by atomic mass is 9.67. The zero-order chi connectivity index (χ0) is 34.2. The quantitative estimate of drug-likeness (QED) is 0.352. The normalized spacial score (nSPS) is 20.7. The molecule has 4 aliphatic rings. The van der Waals surface area contributed by atoms with E-state index in [4.69, 9.17) is 14.7 Å². The Morgan fingerprint density at radius 3 is 2.20 bits per heavy atom. The third kappa shape index (κ3) is 7.25. The topological polar surface area (TPSA) is 123 Å². The minimum Gasteiger partial charge on any atom is -0.507 e. The van der Waals surface area contributed by atoms with E-state index in [-0.39, 0.29) is 11.8 Å². The predicted molar refractivity (Wildman–Crippen MR) is 191 cm³/mol. The molecule has 1 aliphatic carbocycles. The van der Waals surface area contributed by atoms with Gasteiger partial charge in [-0.2, -0.15) is 0 Å². The van der Waals surface area contributed by atoms with E-state index in [0.717, 1.165) is 82.7 Å². The summed E-state index contributed by atoms with van der Waals surface area (Å²) < 4.78 is 5.57. The summed E-state index contributed by atoms with van der Waals surface area (Å²) in [6.07, 6.45) is 11.1. The van der Waals surface area contributed by atoms with Crippen LogP contribution in [0.1, 0.15) is 70.8 Å². The van der Waals surface area contributed by atoms with Gasteiger partial charge in [0.2, 0.25) is 5.95 Å². The second-order valence-electron chi connectivity index (χ2n) is 15.4. The summed E-state index contributed by atoms with van der Waals surface area (Å²) in [5, 5.41) is 22.3. The average molecular weight is 670 g/mol. The first-order chi connectivity index (χ1) is 23.6. The zero-order valence-corrected chi connectivity index (χ0v) is 29.4. The van der Waals surface area contributed by atoms with Crippen molar-refractivity contribution in [3.05, 3.63) is 48.3 Å². The molecule has 1 aromatic carbocycles. The Kier molecular flexibility index (Phi) is 9.25. The Morgan fingerprint density at radius 1 is 0.918 bits per heavy atom. The molecule has 1 amide bonds. The lowest BCUT2D eigenvalue weighted by Gasteiger charge is -2.54. The number of piperazine rings is 1. The molecule has 3 aliphatic heterocycles. The molecule has 3 saturated heterocycles. The molecule has 0 radical (unpaired) electrons. The maximum absolute atomic E-state index is 12.4. The molecule has 3 aromatic rings. The van der Waals surface area contributed by atoms with Crippen LogP contribution in [0.25, 0.3) is 11.3 Å². The zero-order valence-electron chi connectivity index (χ0n) is 29.4. The number of likely N-dealkylation sites (tertiary alicyclic amines) is 2. The first kappa shape index (κ1) is 33.3. The van der Waals surface area contributed by atoms with Crippen LogP contribution in [-0.4, -0.2) is 112 Å². The van der Waals surface area contributed by atoms with Crippen LogP contribution in [0.5, 0.6) is 5.75 Å². The van der Waals surface area contributed by atoms with Gasteiger partial charge in [0.05, 0.1) is 11.4 Å². The van der Waals surface area contributed by atoms with Gasteiger partial charge < -0.3 is 34.8 Å². The summed E-state index contributed by atoms with van der Waals surface area (Å²) in [6.45, 7) is 12.9. The first-order valence-corrected chi connectivity index (χ1v) is 18.0. The van der Waals surface area contributed by atoms with Crippen molar-refractivity contribution < 1.29 is 14.6 Å². The third-order valence-corrected chi connectivity index (χ3v) is 11.0. The molecule has 2 N–H and O–H groups in total. The van der Waals surface area contributed by atoms with Crippen LogP contribution in [0.3, 0.4) is 0 Å². The molecule has 5 heterocycles. The molecule has 4 fully saturated rings. The number of nitrogens with one attached hydrogen (secondary N) is 1. The van der Waals surface area contributed by atoms with E-state index in [0.29, 0.717) is 28.6 Å². The van der Waals surface area contributed by atoms with E-state index in [1.54, 1.807) is 12.1 Å².